The first-order valence-corrected chi connectivity index (χ1v) is 17.3. The fraction of sp³-hybridized carbons (Fsp3) is 0.455. The zero-order valence-corrected chi connectivity index (χ0v) is 26.0. The second-order valence-electron chi connectivity index (χ2n) is 12.8. The van der Waals surface area contributed by atoms with Gasteiger partial charge in [-0.1, -0.05) is 57.2 Å². The van der Waals surface area contributed by atoms with Crippen LogP contribution >= 0.6 is 0 Å². The summed E-state index contributed by atoms with van der Waals surface area (Å²) in [6.45, 7) is 13.5. The van der Waals surface area contributed by atoms with Crippen molar-refractivity contribution in [1.82, 2.24) is 14.5 Å². The van der Waals surface area contributed by atoms with Gasteiger partial charge in [0.2, 0.25) is 0 Å². The van der Waals surface area contributed by atoms with Gasteiger partial charge in [-0.15, -0.1) is 0 Å². The molecular weight excluding hydrogens is 514 g/mol. The molecule has 2 unspecified atom stereocenters. The molecule has 212 valence electrons. The Bertz CT molecular complexity index is 1390. The maximum absolute atomic E-state index is 14.1. The van der Waals surface area contributed by atoms with E-state index < -0.39 is 8.32 Å². The molecule has 0 aliphatic carbocycles. The van der Waals surface area contributed by atoms with Crippen LogP contribution in [0.25, 0.3) is 11.8 Å². The van der Waals surface area contributed by atoms with E-state index in [9.17, 15) is 4.79 Å². The molecule has 0 radical (unpaired) electrons. The highest BCUT2D eigenvalue weighted by Crippen LogP contribution is 2.45. The molecule has 2 aromatic carbocycles. The van der Waals surface area contributed by atoms with E-state index in [4.69, 9.17) is 9.16 Å². The van der Waals surface area contributed by atoms with Gasteiger partial charge in [-0.05, 0) is 80.1 Å². The van der Waals surface area contributed by atoms with Crippen LogP contribution in [0.15, 0.2) is 66.6 Å². The lowest BCUT2D eigenvalue weighted by atomic mass is 9.82. The van der Waals surface area contributed by atoms with Crippen molar-refractivity contribution in [3.63, 3.8) is 0 Å². The van der Waals surface area contributed by atoms with Crippen molar-refractivity contribution in [2.45, 2.75) is 89.7 Å². The summed E-state index contributed by atoms with van der Waals surface area (Å²) in [5, 5.41) is 0.151. The van der Waals surface area contributed by atoms with Crippen LogP contribution in [-0.2, 0) is 9.22 Å². The van der Waals surface area contributed by atoms with Gasteiger partial charge < -0.3 is 18.6 Å². The molecule has 3 heterocycles. The van der Waals surface area contributed by atoms with Gasteiger partial charge in [-0.2, -0.15) is 0 Å². The fourth-order valence-electron chi connectivity index (χ4n) is 5.84. The van der Waals surface area contributed by atoms with Crippen LogP contribution in [0, 0.1) is 6.92 Å². The lowest BCUT2D eigenvalue weighted by Gasteiger charge is -2.50. The molecule has 2 aliphatic heterocycles. The van der Waals surface area contributed by atoms with E-state index in [2.05, 4.69) is 68.0 Å². The number of benzene rings is 2. The Morgan fingerprint density at radius 3 is 2.48 bits per heavy atom. The largest absolute Gasteiger partial charge is 0.495 e. The van der Waals surface area contributed by atoms with Crippen molar-refractivity contribution in [3.05, 3.63) is 83.4 Å². The number of rotatable bonds is 6. The van der Waals surface area contributed by atoms with Gasteiger partial charge in [0.05, 0.1) is 30.9 Å². The zero-order valence-electron chi connectivity index (χ0n) is 25.0. The molecule has 7 heteroatoms. The molecule has 3 atom stereocenters. The number of aryl methyl sites for hydroxylation is 1. The molecule has 0 N–H and O–H groups in total. The Morgan fingerprint density at radius 1 is 1.07 bits per heavy atom. The van der Waals surface area contributed by atoms with E-state index in [-0.39, 0.29) is 29.1 Å². The molecule has 3 aromatic rings. The van der Waals surface area contributed by atoms with Crippen LogP contribution in [0.3, 0.4) is 0 Å². The Hall–Kier alpha value is -3.16. The predicted molar refractivity (Wildman–Crippen MR) is 163 cm³/mol. The monoisotopic (exact) mass is 557 g/mol. The summed E-state index contributed by atoms with van der Waals surface area (Å²) < 4.78 is 14.6. The number of carbonyl (C=O) groups is 1. The molecule has 0 bridgehead atoms. The van der Waals surface area contributed by atoms with Gasteiger partial charge in [0.25, 0.3) is 5.91 Å². The van der Waals surface area contributed by atoms with Crippen molar-refractivity contribution < 1.29 is 14.0 Å². The Kier molecular flexibility index (Phi) is 7.81. The van der Waals surface area contributed by atoms with E-state index in [0.29, 0.717) is 0 Å². The molecule has 2 saturated heterocycles. The Labute approximate surface area is 240 Å². The number of hydrogen-bond acceptors (Lipinski definition) is 4. The van der Waals surface area contributed by atoms with Crippen LogP contribution in [0.5, 0.6) is 5.75 Å². The number of piperidine rings is 2. The first-order valence-electron chi connectivity index (χ1n) is 14.4. The maximum atomic E-state index is 14.1. The summed E-state index contributed by atoms with van der Waals surface area (Å²) >= 11 is 0. The topological polar surface area (TPSA) is 56.6 Å². The number of imidazole rings is 1. The SMILES string of the molecule is COc1cc(C=C2CC[C@@H]3CC(O[Si](C)(C)C(C)(C)C)CC(c4ccccc4)N3C2=O)ccc1-n1cnc(C)c1. The number of hydrogen-bond donors (Lipinski definition) is 0. The van der Waals surface area contributed by atoms with E-state index in [1.807, 2.05) is 48.0 Å². The summed E-state index contributed by atoms with van der Waals surface area (Å²) in [5.41, 5.74) is 4.88. The third-order valence-electron chi connectivity index (χ3n) is 8.99. The average Bonchev–Trinajstić information content (AvgIpc) is 3.35. The smallest absolute Gasteiger partial charge is 0.250 e. The average molecular weight is 558 g/mol. The minimum Gasteiger partial charge on any atom is -0.495 e. The van der Waals surface area contributed by atoms with Crippen LogP contribution in [-0.4, -0.2) is 47.9 Å². The van der Waals surface area contributed by atoms with Crippen molar-refractivity contribution in [1.29, 1.82) is 0 Å². The van der Waals surface area contributed by atoms with Crippen LogP contribution in [0.4, 0.5) is 0 Å². The van der Waals surface area contributed by atoms with Gasteiger partial charge >= 0.3 is 0 Å². The van der Waals surface area contributed by atoms with Gasteiger partial charge in [-0.25, -0.2) is 4.98 Å². The van der Waals surface area contributed by atoms with Crippen LogP contribution in [0.2, 0.25) is 18.1 Å². The molecule has 2 fully saturated rings. The minimum atomic E-state index is -1.93. The van der Waals surface area contributed by atoms with E-state index in [0.717, 1.165) is 54.0 Å². The van der Waals surface area contributed by atoms with Crippen LogP contribution < -0.4 is 4.74 Å². The van der Waals surface area contributed by atoms with Crippen molar-refractivity contribution in [3.8, 4) is 11.4 Å². The number of ether oxygens (including phenoxy) is 1. The van der Waals surface area contributed by atoms with Gasteiger partial charge in [-0.3, -0.25) is 4.79 Å². The zero-order chi connectivity index (χ0) is 28.7. The van der Waals surface area contributed by atoms with Gasteiger partial charge in [0, 0.05) is 23.9 Å². The lowest BCUT2D eigenvalue weighted by Crippen LogP contribution is -2.55. The highest BCUT2D eigenvalue weighted by atomic mass is 28.4. The highest BCUT2D eigenvalue weighted by molar-refractivity contribution is 6.74. The minimum absolute atomic E-state index is 0.00677. The number of carbonyl (C=O) groups excluding carboxylic acids is 1. The lowest BCUT2D eigenvalue weighted by molar-refractivity contribution is -0.139. The summed E-state index contributed by atoms with van der Waals surface area (Å²) in [6.07, 6.45) is 9.42. The first kappa shape index (κ1) is 28.4. The molecule has 5 rings (SSSR count). The van der Waals surface area contributed by atoms with Crippen molar-refractivity contribution in [2.24, 2.45) is 0 Å². The molecule has 40 heavy (non-hydrogen) atoms. The predicted octanol–water partition coefficient (Wildman–Crippen LogP) is 7.49. The quantitative estimate of drug-likeness (QED) is 0.233. The Morgan fingerprint density at radius 2 is 1.82 bits per heavy atom. The van der Waals surface area contributed by atoms with Crippen molar-refractivity contribution in [2.75, 3.05) is 7.11 Å². The Balaban J connectivity index is 1.43. The second kappa shape index (κ2) is 11.0. The second-order valence-corrected chi connectivity index (χ2v) is 17.6. The normalized spacial score (nSPS) is 22.9. The highest BCUT2D eigenvalue weighted by Gasteiger charge is 2.46. The van der Waals surface area contributed by atoms with Gasteiger partial charge in [0.1, 0.15) is 5.75 Å². The summed E-state index contributed by atoms with van der Waals surface area (Å²) in [4.78, 5) is 20.6. The number of aromatic nitrogens is 2. The van der Waals surface area contributed by atoms with E-state index in [1.165, 1.54) is 5.56 Å². The molecule has 0 spiro atoms. The molecule has 6 nitrogen and oxygen atoms in total. The number of fused-ring (bicyclic) bond motifs is 1. The first-order chi connectivity index (χ1) is 19.0. The van der Waals surface area contributed by atoms with E-state index in [1.54, 1.807) is 13.4 Å². The number of nitrogens with zero attached hydrogens (tertiary/aromatic N) is 3. The molecule has 1 aromatic heterocycles. The molecule has 0 saturated carbocycles. The molecule has 2 aliphatic rings. The third-order valence-corrected chi connectivity index (χ3v) is 13.5. The molecular formula is C33H43N3O3Si. The van der Waals surface area contributed by atoms with E-state index >= 15 is 0 Å². The van der Waals surface area contributed by atoms with Gasteiger partial charge in [0.15, 0.2) is 8.32 Å². The summed E-state index contributed by atoms with van der Waals surface area (Å²) in [7, 11) is -0.253. The molecule has 1 amide bonds. The summed E-state index contributed by atoms with van der Waals surface area (Å²) in [6, 6.07) is 16.8. The van der Waals surface area contributed by atoms with Crippen molar-refractivity contribution >= 4 is 20.3 Å². The maximum Gasteiger partial charge on any atom is 0.250 e. The van der Waals surface area contributed by atoms with Crippen LogP contribution in [0.1, 0.15) is 69.3 Å². The number of amides is 1. The summed E-state index contributed by atoms with van der Waals surface area (Å²) in [5.74, 6) is 0.891. The fourth-order valence-corrected chi connectivity index (χ4v) is 7.22. The number of methoxy groups -OCH3 is 1. The standard InChI is InChI=1S/C33H43N3O3Si/c1-23-21-35(22-34-23)29-16-13-24(18-31(29)38-5)17-26-14-15-27-19-28(39-40(6,7)33(2,3)4)20-30(36(27)32(26)37)25-11-9-8-10-12-25/h8-13,16-18,21-22,27-28,30H,14-15,19-20H2,1-7H3/t27-,28?,30?/m1/s1. The third kappa shape index (κ3) is 5.67.